The molecule has 0 atom stereocenters. The number of urea groups is 1. The van der Waals surface area contributed by atoms with Crippen molar-refractivity contribution in [2.24, 2.45) is 0 Å². The predicted octanol–water partition coefficient (Wildman–Crippen LogP) is 5.34. The van der Waals surface area contributed by atoms with Crippen LogP contribution in [0.2, 0.25) is 5.15 Å². The van der Waals surface area contributed by atoms with E-state index in [2.05, 4.69) is 15.3 Å². The fourth-order valence-electron chi connectivity index (χ4n) is 4.04. The van der Waals surface area contributed by atoms with Gasteiger partial charge in [0.25, 0.3) is 0 Å². The average Bonchev–Trinajstić information content (AvgIpc) is 2.80. The number of benzene rings is 1. The highest BCUT2D eigenvalue weighted by atomic mass is 35.5. The molecule has 1 aliphatic carbocycles. The number of methoxy groups -OCH3 is 1. The summed E-state index contributed by atoms with van der Waals surface area (Å²) in [6.07, 6.45) is 9.15. The van der Waals surface area contributed by atoms with E-state index in [1.807, 2.05) is 36.4 Å². The van der Waals surface area contributed by atoms with E-state index in [0.717, 1.165) is 53.5 Å². The van der Waals surface area contributed by atoms with Gasteiger partial charge in [0.2, 0.25) is 0 Å². The Morgan fingerprint density at radius 1 is 1.19 bits per heavy atom. The Labute approximate surface area is 187 Å². The maximum absolute atomic E-state index is 13.2. The largest absolute Gasteiger partial charge is 0.497 e. The lowest BCUT2D eigenvalue weighted by atomic mass is 9.96. The van der Waals surface area contributed by atoms with E-state index in [1.54, 1.807) is 24.4 Å². The maximum atomic E-state index is 13.2. The summed E-state index contributed by atoms with van der Waals surface area (Å²) in [7, 11) is 1.64. The molecule has 0 aliphatic heterocycles. The predicted molar refractivity (Wildman–Crippen MR) is 122 cm³/mol. The number of fused-ring (bicyclic) bond motifs is 1. The number of ether oxygens (including phenoxy) is 1. The lowest BCUT2D eigenvalue weighted by Gasteiger charge is -2.28. The molecule has 0 spiro atoms. The fourth-order valence-corrected chi connectivity index (χ4v) is 4.25. The number of pyridine rings is 2. The lowest BCUT2D eigenvalue weighted by molar-refractivity contribution is 0.184. The van der Waals surface area contributed by atoms with Crippen LogP contribution < -0.4 is 10.1 Å². The fraction of sp³-hybridized carbons (Fsp3) is 0.375. The van der Waals surface area contributed by atoms with E-state index in [1.165, 1.54) is 6.42 Å². The molecule has 0 saturated heterocycles. The van der Waals surface area contributed by atoms with Gasteiger partial charge in [-0.3, -0.25) is 4.98 Å². The smallest absolute Gasteiger partial charge is 0.318 e. The van der Waals surface area contributed by atoms with Gasteiger partial charge in [-0.2, -0.15) is 0 Å². The highest BCUT2D eigenvalue weighted by Gasteiger charge is 2.21. The summed E-state index contributed by atoms with van der Waals surface area (Å²) in [6.45, 7) is 0.797. The zero-order valence-electron chi connectivity index (χ0n) is 17.7. The van der Waals surface area contributed by atoms with Crippen LogP contribution in [0.5, 0.6) is 5.75 Å². The second-order valence-electron chi connectivity index (χ2n) is 8.00. The van der Waals surface area contributed by atoms with Gasteiger partial charge in [-0.25, -0.2) is 9.78 Å². The number of amides is 2. The van der Waals surface area contributed by atoms with Crippen molar-refractivity contribution >= 4 is 28.5 Å². The molecule has 1 N–H and O–H groups in total. The molecule has 1 saturated carbocycles. The number of carbonyl (C=O) groups excluding carboxylic acids is 1. The molecular weight excluding hydrogens is 412 g/mol. The van der Waals surface area contributed by atoms with Gasteiger partial charge >= 0.3 is 6.03 Å². The summed E-state index contributed by atoms with van der Waals surface area (Å²) < 4.78 is 5.33. The quantitative estimate of drug-likeness (QED) is 0.528. The van der Waals surface area contributed by atoms with E-state index in [0.29, 0.717) is 18.2 Å². The number of nitrogens with one attached hydrogen (secondary N) is 1. The number of halogens is 1. The monoisotopic (exact) mass is 438 g/mol. The van der Waals surface area contributed by atoms with Crippen LogP contribution in [0.1, 0.15) is 43.2 Å². The van der Waals surface area contributed by atoms with E-state index >= 15 is 0 Å². The molecule has 1 aliphatic rings. The minimum absolute atomic E-state index is 0.0856. The Morgan fingerprint density at radius 3 is 2.77 bits per heavy atom. The van der Waals surface area contributed by atoms with E-state index in [9.17, 15) is 4.79 Å². The first-order valence-corrected chi connectivity index (χ1v) is 11.1. The molecule has 7 heteroatoms. The van der Waals surface area contributed by atoms with Crippen LogP contribution in [0.4, 0.5) is 4.79 Å². The molecule has 0 unspecified atom stereocenters. The van der Waals surface area contributed by atoms with Crippen molar-refractivity contribution in [3.63, 3.8) is 0 Å². The van der Waals surface area contributed by atoms with Crippen molar-refractivity contribution < 1.29 is 9.53 Å². The molecule has 0 radical (unpaired) electrons. The molecule has 0 bridgehead atoms. The summed E-state index contributed by atoms with van der Waals surface area (Å²) >= 11 is 6.51. The molecule has 2 amide bonds. The van der Waals surface area contributed by atoms with E-state index in [4.69, 9.17) is 16.3 Å². The second-order valence-corrected chi connectivity index (χ2v) is 8.36. The maximum Gasteiger partial charge on any atom is 0.318 e. The van der Waals surface area contributed by atoms with Gasteiger partial charge in [0.15, 0.2) is 0 Å². The van der Waals surface area contributed by atoms with Crippen LogP contribution in [0.3, 0.4) is 0 Å². The Morgan fingerprint density at radius 2 is 2.03 bits per heavy atom. The molecule has 6 nitrogen and oxygen atoms in total. The normalized spacial score (nSPS) is 14.4. The standard InChI is InChI=1S/C24H27ClN4O2/c1-31-21-9-10-22-18(13-21)12-19(23(25)28-22)16-29(15-17-6-5-11-26-14-17)24(30)27-20-7-3-2-4-8-20/h5-6,9-14,20H,2-4,7-8,15-16H2,1H3,(H,27,30). The van der Waals surface area contributed by atoms with Gasteiger partial charge in [0.1, 0.15) is 10.9 Å². The van der Waals surface area contributed by atoms with Gasteiger partial charge in [-0.1, -0.05) is 36.9 Å². The number of nitrogens with zero attached hydrogens (tertiary/aromatic N) is 3. The number of rotatable bonds is 6. The molecule has 2 heterocycles. The molecule has 162 valence electrons. The Hall–Kier alpha value is -2.86. The third-order valence-corrected chi connectivity index (χ3v) is 6.05. The first kappa shape index (κ1) is 21.4. The highest BCUT2D eigenvalue weighted by Crippen LogP contribution is 2.26. The first-order valence-electron chi connectivity index (χ1n) is 10.7. The second kappa shape index (κ2) is 9.96. The molecule has 4 rings (SSSR count). The summed E-state index contributed by atoms with van der Waals surface area (Å²) in [6, 6.07) is 11.6. The number of aromatic nitrogens is 2. The van der Waals surface area contributed by atoms with Crippen molar-refractivity contribution in [3.8, 4) is 5.75 Å². The zero-order valence-corrected chi connectivity index (χ0v) is 18.4. The van der Waals surface area contributed by atoms with Crippen molar-refractivity contribution in [3.05, 3.63) is 65.1 Å². The third-order valence-electron chi connectivity index (χ3n) is 5.73. The topological polar surface area (TPSA) is 67.3 Å². The van der Waals surface area contributed by atoms with Crippen LogP contribution >= 0.6 is 11.6 Å². The molecule has 1 aromatic carbocycles. The summed E-state index contributed by atoms with van der Waals surface area (Å²) in [5.74, 6) is 0.754. The summed E-state index contributed by atoms with van der Waals surface area (Å²) in [4.78, 5) is 23.7. The summed E-state index contributed by atoms with van der Waals surface area (Å²) in [5, 5.41) is 4.54. The Kier molecular flexibility index (Phi) is 6.87. The highest BCUT2D eigenvalue weighted by molar-refractivity contribution is 6.30. The third kappa shape index (κ3) is 5.44. The summed E-state index contributed by atoms with van der Waals surface area (Å²) in [5.41, 5.74) is 2.55. The van der Waals surface area contributed by atoms with Crippen LogP contribution in [0.15, 0.2) is 48.8 Å². The molecule has 31 heavy (non-hydrogen) atoms. The minimum Gasteiger partial charge on any atom is -0.497 e. The SMILES string of the molecule is COc1ccc2nc(Cl)c(CN(Cc3cccnc3)C(=O)NC3CCCCC3)cc2c1. The van der Waals surface area contributed by atoms with E-state index < -0.39 is 0 Å². The van der Waals surface area contributed by atoms with Crippen LogP contribution in [-0.4, -0.2) is 34.1 Å². The van der Waals surface area contributed by atoms with Gasteiger partial charge in [0.05, 0.1) is 19.2 Å². The van der Waals surface area contributed by atoms with Crippen molar-refractivity contribution in [1.29, 1.82) is 0 Å². The first-order chi connectivity index (χ1) is 15.1. The zero-order chi connectivity index (χ0) is 21.6. The van der Waals surface area contributed by atoms with Gasteiger partial charge in [0, 0.05) is 35.9 Å². The molecule has 1 fully saturated rings. The molecule has 2 aromatic heterocycles. The van der Waals surface area contributed by atoms with E-state index in [-0.39, 0.29) is 12.1 Å². The molecular formula is C24H27ClN4O2. The average molecular weight is 439 g/mol. The Bertz CT molecular complexity index is 1040. The van der Waals surface area contributed by atoms with Crippen molar-refractivity contribution in [2.75, 3.05) is 7.11 Å². The van der Waals surface area contributed by atoms with Crippen LogP contribution in [0.25, 0.3) is 10.9 Å². The lowest BCUT2D eigenvalue weighted by Crippen LogP contribution is -2.44. The number of hydrogen-bond donors (Lipinski definition) is 1. The van der Waals surface area contributed by atoms with Gasteiger partial charge in [-0.15, -0.1) is 0 Å². The van der Waals surface area contributed by atoms with Gasteiger partial charge < -0.3 is 15.0 Å². The number of carbonyl (C=O) groups is 1. The molecule has 3 aromatic rings. The van der Waals surface area contributed by atoms with Gasteiger partial charge in [-0.05, 0) is 48.7 Å². The van der Waals surface area contributed by atoms with Crippen LogP contribution in [-0.2, 0) is 13.1 Å². The van der Waals surface area contributed by atoms with Crippen molar-refractivity contribution in [2.45, 2.75) is 51.2 Å². The Balaban J connectivity index is 1.59. The number of hydrogen-bond acceptors (Lipinski definition) is 4. The van der Waals surface area contributed by atoms with Crippen LogP contribution in [0, 0.1) is 0 Å². The minimum atomic E-state index is -0.0856. The van der Waals surface area contributed by atoms with Crippen molar-refractivity contribution in [1.82, 2.24) is 20.2 Å².